The zero-order chi connectivity index (χ0) is 26.6. The molecule has 2 aromatic rings. The molecule has 0 saturated heterocycles. The number of benzene rings is 1. The highest BCUT2D eigenvalue weighted by molar-refractivity contribution is 5.96. The quantitative estimate of drug-likeness (QED) is 0.497. The molecule has 0 atom stereocenters. The molecule has 0 spiro atoms. The Morgan fingerprint density at radius 3 is 2.35 bits per heavy atom. The number of carbonyl (C=O) groups excluding carboxylic acids is 1. The lowest BCUT2D eigenvalue weighted by Gasteiger charge is -2.53. The van der Waals surface area contributed by atoms with E-state index in [1.807, 2.05) is 49.9 Å². The Balaban J connectivity index is 1.36. The van der Waals surface area contributed by atoms with Crippen LogP contribution in [-0.2, 0) is 15.6 Å². The highest BCUT2D eigenvalue weighted by Gasteiger charge is 2.54. The summed E-state index contributed by atoms with van der Waals surface area (Å²) in [7, 11) is 0. The van der Waals surface area contributed by atoms with Crippen molar-refractivity contribution in [2.24, 2.45) is 11.3 Å². The number of rotatable bonds is 7. The third-order valence-corrected chi connectivity index (χ3v) is 8.93. The summed E-state index contributed by atoms with van der Waals surface area (Å²) < 4.78 is 11.8. The van der Waals surface area contributed by atoms with Gasteiger partial charge in [0.25, 0.3) is 0 Å². The van der Waals surface area contributed by atoms with Crippen molar-refractivity contribution in [2.45, 2.75) is 115 Å². The second-order valence-corrected chi connectivity index (χ2v) is 13.6. The molecular formula is C30H43N3O4. The van der Waals surface area contributed by atoms with Gasteiger partial charge in [-0.2, -0.15) is 4.98 Å². The normalized spacial score (nSPS) is 31.3. The number of fused-ring (bicyclic) bond motifs is 3. The van der Waals surface area contributed by atoms with Crippen LogP contribution in [0.2, 0.25) is 0 Å². The second kappa shape index (κ2) is 9.11. The number of hydrogen-bond acceptors (Lipinski definition) is 6. The van der Waals surface area contributed by atoms with Crippen LogP contribution in [0.5, 0.6) is 5.75 Å². The topological polar surface area (TPSA) is 88.7 Å². The van der Waals surface area contributed by atoms with E-state index < -0.39 is 5.60 Å². The molecule has 1 amide bonds. The first kappa shape index (κ1) is 26.2. The number of amides is 1. The molecule has 4 aliphatic rings. The maximum atomic E-state index is 13.8. The van der Waals surface area contributed by atoms with E-state index in [2.05, 4.69) is 25.9 Å². The van der Waals surface area contributed by atoms with E-state index in [4.69, 9.17) is 14.2 Å². The molecule has 7 nitrogen and oxygen atoms in total. The highest BCUT2D eigenvalue weighted by atomic mass is 16.5. The average Bonchev–Trinajstić information content (AvgIpc) is 3.34. The van der Waals surface area contributed by atoms with E-state index in [1.54, 1.807) is 0 Å². The van der Waals surface area contributed by atoms with Gasteiger partial charge < -0.3 is 19.3 Å². The van der Waals surface area contributed by atoms with Crippen LogP contribution < -0.4 is 9.64 Å². The summed E-state index contributed by atoms with van der Waals surface area (Å²) in [4.78, 5) is 20.7. The Hall–Kier alpha value is -2.41. The predicted molar refractivity (Wildman–Crippen MR) is 143 cm³/mol. The third-order valence-electron chi connectivity index (χ3n) is 8.93. The van der Waals surface area contributed by atoms with Gasteiger partial charge in [-0.25, -0.2) is 0 Å². The molecule has 2 bridgehead atoms. The van der Waals surface area contributed by atoms with Crippen LogP contribution >= 0.6 is 0 Å². The van der Waals surface area contributed by atoms with Gasteiger partial charge in [-0.1, -0.05) is 32.0 Å². The van der Waals surface area contributed by atoms with E-state index in [0.29, 0.717) is 19.4 Å². The molecule has 6 rings (SSSR count). The Morgan fingerprint density at radius 2 is 1.81 bits per heavy atom. The van der Waals surface area contributed by atoms with Crippen molar-refractivity contribution < 1.29 is 19.2 Å². The van der Waals surface area contributed by atoms with Gasteiger partial charge in [-0.15, -0.1) is 0 Å². The van der Waals surface area contributed by atoms with Crippen LogP contribution in [0.3, 0.4) is 0 Å². The molecule has 37 heavy (non-hydrogen) atoms. The summed E-state index contributed by atoms with van der Waals surface area (Å²) in [6.45, 7) is 12.9. The standard InChI is InChI=1S/C30H43N3O4/c1-20(2)36-23-9-7-8-22(16-23)33(24(34)21-17-28(6,35)18-21)19-29-10-13-30(14-11-29,15-12-29)26-31-25(32-37-26)27(3,4)5/h7-9,16,20-21,35H,10-15,17-19H2,1-6H3. The van der Waals surface area contributed by atoms with Gasteiger partial charge in [-0.05, 0) is 89.7 Å². The highest BCUT2D eigenvalue weighted by Crippen LogP contribution is 2.58. The molecule has 202 valence electrons. The van der Waals surface area contributed by atoms with Gasteiger partial charge in [0.15, 0.2) is 5.82 Å². The molecule has 1 heterocycles. The van der Waals surface area contributed by atoms with Crippen LogP contribution in [0.4, 0.5) is 5.69 Å². The van der Waals surface area contributed by atoms with Crippen molar-refractivity contribution in [2.75, 3.05) is 11.4 Å². The fourth-order valence-corrected chi connectivity index (χ4v) is 6.59. The minimum absolute atomic E-state index is 0.0369. The molecule has 7 heteroatoms. The van der Waals surface area contributed by atoms with Crippen LogP contribution in [0, 0.1) is 11.3 Å². The first-order valence-electron chi connectivity index (χ1n) is 14.0. The maximum absolute atomic E-state index is 13.8. The Labute approximate surface area is 221 Å². The van der Waals surface area contributed by atoms with Crippen molar-refractivity contribution in [3.8, 4) is 5.75 Å². The molecule has 0 aliphatic heterocycles. The second-order valence-electron chi connectivity index (χ2n) is 13.6. The maximum Gasteiger partial charge on any atom is 0.232 e. The minimum Gasteiger partial charge on any atom is -0.491 e. The first-order chi connectivity index (χ1) is 17.3. The Morgan fingerprint density at radius 1 is 1.16 bits per heavy atom. The van der Waals surface area contributed by atoms with Gasteiger partial charge in [0, 0.05) is 35.0 Å². The largest absolute Gasteiger partial charge is 0.491 e. The molecule has 1 aromatic heterocycles. The summed E-state index contributed by atoms with van der Waals surface area (Å²) in [5.74, 6) is 2.34. The summed E-state index contributed by atoms with van der Waals surface area (Å²) in [6.07, 6.45) is 7.24. The van der Waals surface area contributed by atoms with Gasteiger partial charge in [-0.3, -0.25) is 4.79 Å². The van der Waals surface area contributed by atoms with Gasteiger partial charge >= 0.3 is 0 Å². The summed E-state index contributed by atoms with van der Waals surface area (Å²) in [6, 6.07) is 7.93. The fraction of sp³-hybridized carbons (Fsp3) is 0.700. The number of carbonyl (C=O) groups is 1. The lowest BCUT2D eigenvalue weighted by molar-refractivity contribution is -0.137. The lowest BCUT2D eigenvalue weighted by Crippen LogP contribution is -2.54. The van der Waals surface area contributed by atoms with E-state index in [0.717, 1.165) is 61.7 Å². The summed E-state index contributed by atoms with van der Waals surface area (Å²) in [5.41, 5.74) is 0.0546. The van der Waals surface area contributed by atoms with Crippen molar-refractivity contribution in [3.63, 3.8) is 0 Å². The van der Waals surface area contributed by atoms with Crippen molar-refractivity contribution >= 4 is 11.6 Å². The van der Waals surface area contributed by atoms with Crippen molar-refractivity contribution in [1.29, 1.82) is 0 Å². The molecular weight excluding hydrogens is 466 g/mol. The first-order valence-corrected chi connectivity index (χ1v) is 14.0. The van der Waals surface area contributed by atoms with Crippen molar-refractivity contribution in [1.82, 2.24) is 10.1 Å². The molecule has 0 unspecified atom stereocenters. The van der Waals surface area contributed by atoms with E-state index in [1.165, 1.54) is 0 Å². The van der Waals surface area contributed by atoms with Crippen LogP contribution in [-0.4, -0.2) is 39.4 Å². The summed E-state index contributed by atoms with van der Waals surface area (Å²) >= 11 is 0. The Kier molecular flexibility index (Phi) is 6.45. The van der Waals surface area contributed by atoms with E-state index >= 15 is 0 Å². The number of hydrogen-bond donors (Lipinski definition) is 1. The van der Waals surface area contributed by atoms with Crippen LogP contribution in [0.1, 0.15) is 105 Å². The molecule has 1 N–H and O–H groups in total. The summed E-state index contributed by atoms with van der Waals surface area (Å²) in [5, 5.41) is 14.6. The molecule has 1 aromatic carbocycles. The third kappa shape index (κ3) is 5.16. The predicted octanol–water partition coefficient (Wildman–Crippen LogP) is 5.94. The number of aromatic nitrogens is 2. The number of anilines is 1. The zero-order valence-corrected chi connectivity index (χ0v) is 23.3. The molecule has 4 fully saturated rings. The van der Waals surface area contributed by atoms with Crippen molar-refractivity contribution in [3.05, 3.63) is 36.0 Å². The number of aliphatic hydroxyl groups is 1. The van der Waals surface area contributed by atoms with Gasteiger partial charge in [0.2, 0.25) is 11.8 Å². The SMILES string of the molecule is CC(C)Oc1cccc(N(CC23CCC(c4nc(C(C)(C)C)no4)(CC2)CC3)C(=O)C2CC(C)(O)C2)c1. The monoisotopic (exact) mass is 509 g/mol. The smallest absolute Gasteiger partial charge is 0.232 e. The van der Waals surface area contributed by atoms with E-state index in [9.17, 15) is 9.90 Å². The van der Waals surface area contributed by atoms with Gasteiger partial charge in [0.05, 0.1) is 11.7 Å². The van der Waals surface area contributed by atoms with Gasteiger partial charge in [0.1, 0.15) is 5.75 Å². The Bertz CT molecular complexity index is 1110. The van der Waals surface area contributed by atoms with Crippen LogP contribution in [0.25, 0.3) is 0 Å². The molecule has 4 aliphatic carbocycles. The fourth-order valence-electron chi connectivity index (χ4n) is 6.59. The zero-order valence-electron chi connectivity index (χ0n) is 23.3. The minimum atomic E-state index is -0.738. The van der Waals surface area contributed by atoms with E-state index in [-0.39, 0.29) is 34.2 Å². The molecule has 0 radical (unpaired) electrons. The molecule has 4 saturated carbocycles. The lowest BCUT2D eigenvalue weighted by atomic mass is 9.53. The van der Waals surface area contributed by atoms with Crippen LogP contribution in [0.15, 0.2) is 28.8 Å². The average molecular weight is 510 g/mol. The number of ether oxygens (including phenoxy) is 1. The number of nitrogens with zero attached hydrogens (tertiary/aromatic N) is 3.